The third kappa shape index (κ3) is 4.82. The Balaban J connectivity index is 1.97. The van der Waals surface area contributed by atoms with E-state index in [0.717, 1.165) is 6.42 Å². The summed E-state index contributed by atoms with van der Waals surface area (Å²) in [6.07, 6.45) is 0.819. The molecule has 192 valence electrons. The van der Waals surface area contributed by atoms with Gasteiger partial charge < -0.3 is 24.1 Å². The van der Waals surface area contributed by atoms with E-state index in [0.29, 0.717) is 40.9 Å². The second kappa shape index (κ2) is 11.1. The highest BCUT2D eigenvalue weighted by Gasteiger charge is 2.47. The quantitative estimate of drug-likeness (QED) is 0.246. The molecule has 0 spiro atoms. The van der Waals surface area contributed by atoms with Crippen LogP contribution >= 0.6 is 0 Å². The Morgan fingerprint density at radius 3 is 2.16 bits per heavy atom. The van der Waals surface area contributed by atoms with Gasteiger partial charge in [-0.3, -0.25) is 14.5 Å². The molecular weight excluding hydrogens is 474 g/mol. The predicted molar refractivity (Wildman–Crippen MR) is 140 cm³/mol. The number of amides is 1. The molecule has 0 bridgehead atoms. The summed E-state index contributed by atoms with van der Waals surface area (Å²) in [5.41, 5.74) is 1.11. The summed E-state index contributed by atoms with van der Waals surface area (Å²) in [6, 6.07) is 18.0. The molecule has 1 aliphatic rings. The van der Waals surface area contributed by atoms with Gasteiger partial charge >= 0.3 is 0 Å². The van der Waals surface area contributed by atoms with Crippen molar-refractivity contribution in [2.45, 2.75) is 19.4 Å². The standard InChI is InChI=1S/C29H29NO7/c1-5-15-37-21-12-7-10-19(17-21)30-26(18-9-6-11-20(16-18)34-2)25(28(32)29(30)33)27(31)24-22(35-3)13-8-14-23(24)36-4/h6-14,16-17,26,31H,5,15H2,1-4H3/b27-25+. The monoisotopic (exact) mass is 503 g/mol. The Morgan fingerprint density at radius 1 is 0.865 bits per heavy atom. The summed E-state index contributed by atoms with van der Waals surface area (Å²) in [4.78, 5) is 28.4. The van der Waals surface area contributed by atoms with Crippen molar-refractivity contribution in [1.82, 2.24) is 0 Å². The van der Waals surface area contributed by atoms with E-state index >= 15 is 0 Å². The summed E-state index contributed by atoms with van der Waals surface area (Å²) in [7, 11) is 4.43. The van der Waals surface area contributed by atoms with E-state index in [9.17, 15) is 14.7 Å². The van der Waals surface area contributed by atoms with Gasteiger partial charge in [-0.05, 0) is 48.4 Å². The molecule has 1 atom stereocenters. The third-order valence-electron chi connectivity index (χ3n) is 6.09. The number of aliphatic hydroxyl groups excluding tert-OH is 1. The molecule has 0 aliphatic carbocycles. The maximum Gasteiger partial charge on any atom is 0.300 e. The van der Waals surface area contributed by atoms with Crippen LogP contribution < -0.4 is 23.8 Å². The second-order valence-electron chi connectivity index (χ2n) is 8.33. The number of nitrogens with zero attached hydrogens (tertiary/aromatic N) is 1. The van der Waals surface area contributed by atoms with E-state index in [4.69, 9.17) is 18.9 Å². The number of methoxy groups -OCH3 is 3. The van der Waals surface area contributed by atoms with Gasteiger partial charge in [0.2, 0.25) is 0 Å². The van der Waals surface area contributed by atoms with Gasteiger partial charge in [0.05, 0.1) is 39.6 Å². The molecule has 4 rings (SSSR count). The molecule has 0 saturated carbocycles. The molecule has 1 amide bonds. The lowest BCUT2D eigenvalue weighted by Gasteiger charge is -2.26. The third-order valence-corrected chi connectivity index (χ3v) is 6.09. The van der Waals surface area contributed by atoms with Gasteiger partial charge in [0.1, 0.15) is 34.3 Å². The van der Waals surface area contributed by atoms with Crippen LogP contribution in [0, 0.1) is 0 Å². The zero-order valence-corrected chi connectivity index (χ0v) is 21.2. The highest BCUT2D eigenvalue weighted by Crippen LogP contribution is 2.46. The van der Waals surface area contributed by atoms with Crippen LogP contribution in [0.15, 0.2) is 72.3 Å². The minimum Gasteiger partial charge on any atom is -0.506 e. The van der Waals surface area contributed by atoms with Gasteiger partial charge in [0.15, 0.2) is 0 Å². The molecule has 1 N–H and O–H groups in total. The first-order valence-corrected chi connectivity index (χ1v) is 11.8. The van der Waals surface area contributed by atoms with Crippen molar-refractivity contribution >= 4 is 23.1 Å². The molecule has 1 aliphatic heterocycles. The minimum absolute atomic E-state index is 0.0964. The van der Waals surface area contributed by atoms with Crippen molar-refractivity contribution in [2.24, 2.45) is 0 Å². The maximum atomic E-state index is 13.5. The molecule has 1 heterocycles. The zero-order valence-electron chi connectivity index (χ0n) is 21.2. The molecular formula is C29H29NO7. The number of hydrogen-bond acceptors (Lipinski definition) is 7. The van der Waals surface area contributed by atoms with Crippen molar-refractivity contribution < 1.29 is 33.6 Å². The average Bonchev–Trinajstić information content (AvgIpc) is 3.21. The van der Waals surface area contributed by atoms with Gasteiger partial charge in [-0.15, -0.1) is 0 Å². The smallest absolute Gasteiger partial charge is 0.300 e. The van der Waals surface area contributed by atoms with Crippen LogP contribution in [0.25, 0.3) is 5.76 Å². The van der Waals surface area contributed by atoms with Crippen LogP contribution in [0.3, 0.4) is 0 Å². The van der Waals surface area contributed by atoms with Crippen molar-refractivity contribution in [1.29, 1.82) is 0 Å². The Morgan fingerprint density at radius 2 is 1.51 bits per heavy atom. The van der Waals surface area contributed by atoms with Crippen molar-refractivity contribution in [3.05, 3.63) is 83.4 Å². The summed E-state index contributed by atoms with van der Waals surface area (Å²) in [5, 5.41) is 11.6. The number of carbonyl (C=O) groups excluding carboxylic acids is 2. The Labute approximate surface area is 215 Å². The summed E-state index contributed by atoms with van der Waals surface area (Å²) in [5.74, 6) is -0.324. The SMILES string of the molecule is CCCOc1cccc(N2C(=O)C(=O)/C(=C(/O)c3c(OC)cccc3OC)C2c2cccc(OC)c2)c1. The van der Waals surface area contributed by atoms with Crippen LogP contribution in [-0.2, 0) is 9.59 Å². The molecule has 8 nitrogen and oxygen atoms in total. The van der Waals surface area contributed by atoms with E-state index in [1.807, 2.05) is 6.92 Å². The minimum atomic E-state index is -0.953. The lowest BCUT2D eigenvalue weighted by molar-refractivity contribution is -0.132. The number of ether oxygens (including phenoxy) is 4. The molecule has 1 fully saturated rings. The fraction of sp³-hybridized carbons (Fsp3) is 0.241. The lowest BCUT2D eigenvalue weighted by atomic mass is 9.94. The number of aliphatic hydroxyl groups is 1. The van der Waals surface area contributed by atoms with Gasteiger partial charge in [0.25, 0.3) is 11.7 Å². The van der Waals surface area contributed by atoms with Crippen LogP contribution in [-0.4, -0.2) is 44.7 Å². The molecule has 3 aromatic carbocycles. The molecule has 37 heavy (non-hydrogen) atoms. The van der Waals surface area contributed by atoms with Crippen molar-refractivity contribution in [2.75, 3.05) is 32.8 Å². The molecule has 0 aromatic heterocycles. The first-order valence-electron chi connectivity index (χ1n) is 11.8. The van der Waals surface area contributed by atoms with E-state index in [2.05, 4.69) is 0 Å². The fourth-order valence-corrected chi connectivity index (χ4v) is 4.39. The van der Waals surface area contributed by atoms with E-state index < -0.39 is 23.5 Å². The normalized spacial score (nSPS) is 16.5. The number of ketones is 1. The van der Waals surface area contributed by atoms with E-state index in [1.54, 1.807) is 66.7 Å². The van der Waals surface area contributed by atoms with E-state index in [-0.39, 0.29) is 11.1 Å². The first kappa shape index (κ1) is 25.6. The van der Waals surface area contributed by atoms with Gasteiger partial charge in [0, 0.05) is 11.8 Å². The Kier molecular flexibility index (Phi) is 7.67. The Bertz CT molecular complexity index is 1330. The number of carbonyl (C=O) groups is 2. The number of Topliss-reactive ketones (excluding diaryl/α,β-unsaturated/α-hetero) is 1. The molecule has 1 unspecified atom stereocenters. The van der Waals surface area contributed by atoms with Crippen molar-refractivity contribution in [3.63, 3.8) is 0 Å². The highest BCUT2D eigenvalue weighted by atomic mass is 16.5. The summed E-state index contributed by atoms with van der Waals surface area (Å²) in [6.45, 7) is 2.51. The van der Waals surface area contributed by atoms with Crippen LogP contribution in [0.2, 0.25) is 0 Å². The van der Waals surface area contributed by atoms with Gasteiger partial charge in [-0.25, -0.2) is 0 Å². The maximum absolute atomic E-state index is 13.5. The topological polar surface area (TPSA) is 94.5 Å². The number of rotatable bonds is 9. The Hall–Kier alpha value is -4.46. The summed E-state index contributed by atoms with van der Waals surface area (Å²) >= 11 is 0. The second-order valence-corrected chi connectivity index (χ2v) is 8.33. The lowest BCUT2D eigenvalue weighted by Crippen LogP contribution is -2.29. The van der Waals surface area contributed by atoms with E-state index in [1.165, 1.54) is 26.2 Å². The first-order chi connectivity index (χ1) is 17.9. The molecule has 8 heteroatoms. The van der Waals surface area contributed by atoms with Gasteiger partial charge in [-0.2, -0.15) is 0 Å². The number of anilines is 1. The summed E-state index contributed by atoms with van der Waals surface area (Å²) < 4.78 is 22.1. The largest absolute Gasteiger partial charge is 0.506 e. The zero-order chi connectivity index (χ0) is 26.5. The highest BCUT2D eigenvalue weighted by molar-refractivity contribution is 6.51. The van der Waals surface area contributed by atoms with Crippen molar-refractivity contribution in [3.8, 4) is 23.0 Å². The van der Waals surface area contributed by atoms with Crippen LogP contribution in [0.1, 0.15) is 30.5 Å². The molecule has 3 aromatic rings. The van der Waals surface area contributed by atoms with Gasteiger partial charge in [-0.1, -0.05) is 31.2 Å². The molecule has 0 radical (unpaired) electrons. The molecule has 1 saturated heterocycles. The number of benzene rings is 3. The fourth-order valence-electron chi connectivity index (χ4n) is 4.39. The van der Waals surface area contributed by atoms with Crippen LogP contribution in [0.5, 0.6) is 23.0 Å². The number of hydrogen-bond donors (Lipinski definition) is 1. The average molecular weight is 504 g/mol. The van der Waals surface area contributed by atoms with Crippen LogP contribution in [0.4, 0.5) is 5.69 Å². The predicted octanol–water partition coefficient (Wildman–Crippen LogP) is 5.13.